The third-order valence-electron chi connectivity index (χ3n) is 2.16. The van der Waals surface area contributed by atoms with Crippen LogP contribution in [0.4, 0.5) is 0 Å². The van der Waals surface area contributed by atoms with E-state index in [1.54, 1.807) is 0 Å². The molecule has 1 aliphatic rings. The second-order valence-electron chi connectivity index (χ2n) is 2.93. The van der Waals surface area contributed by atoms with E-state index in [1.165, 1.54) is 17.5 Å². The van der Waals surface area contributed by atoms with Gasteiger partial charge in [-0.05, 0) is 43.0 Å². The fourth-order valence-electron chi connectivity index (χ4n) is 1.50. The van der Waals surface area contributed by atoms with Crippen LogP contribution in [0.2, 0.25) is 0 Å². The van der Waals surface area contributed by atoms with Crippen LogP contribution in [0.1, 0.15) is 23.2 Å². The molecular weight excluding hydrogens is 134 g/mol. The lowest BCUT2D eigenvalue weighted by atomic mass is 9.98. The van der Waals surface area contributed by atoms with Gasteiger partial charge in [-0.25, -0.2) is 0 Å². The van der Waals surface area contributed by atoms with Crippen molar-refractivity contribution in [2.24, 2.45) is 0 Å². The van der Waals surface area contributed by atoms with Crippen molar-refractivity contribution < 1.29 is 0 Å². The Labute approximate surface area is 66.8 Å². The van der Waals surface area contributed by atoms with E-state index >= 15 is 0 Å². The number of hydrogen-bond acceptors (Lipinski definition) is 1. The lowest BCUT2D eigenvalue weighted by Crippen LogP contribution is -1.99. The molecule has 0 amide bonds. The minimum atomic E-state index is 1.16. The summed E-state index contributed by atoms with van der Waals surface area (Å²) in [5.74, 6) is 0. The Morgan fingerprint density at radius 1 is 1.45 bits per heavy atom. The van der Waals surface area contributed by atoms with Crippen LogP contribution in [0.3, 0.4) is 0 Å². The average Bonchev–Trinajstić information content (AvgIpc) is 2.06. The third-order valence-corrected chi connectivity index (χ3v) is 2.16. The number of aromatic nitrogens is 1. The molecule has 0 N–H and O–H groups in total. The zero-order valence-electron chi connectivity index (χ0n) is 6.67. The van der Waals surface area contributed by atoms with Crippen LogP contribution in [0.15, 0.2) is 18.3 Å². The Kier molecular flexibility index (Phi) is 1.50. The lowest BCUT2D eigenvalue weighted by molar-refractivity contribution is 0.949. The summed E-state index contributed by atoms with van der Waals surface area (Å²) in [7, 11) is 0. The molecule has 1 aromatic rings. The quantitative estimate of drug-likeness (QED) is 0.546. The topological polar surface area (TPSA) is 12.9 Å². The summed E-state index contributed by atoms with van der Waals surface area (Å²) in [6.07, 6.45) is 8.51. The number of allylic oxidation sites excluding steroid dienone is 1. The summed E-state index contributed by atoms with van der Waals surface area (Å²) in [6, 6.07) is 2.08. The number of rotatable bonds is 0. The molecule has 0 fully saturated rings. The Morgan fingerprint density at radius 3 is 3.18 bits per heavy atom. The Morgan fingerprint density at radius 2 is 2.36 bits per heavy atom. The lowest BCUT2D eigenvalue weighted by Gasteiger charge is -2.10. The van der Waals surface area contributed by atoms with E-state index in [1.807, 2.05) is 6.20 Å². The fraction of sp³-hybridized carbons (Fsp3) is 0.300. The molecule has 0 spiro atoms. The molecule has 0 unspecified atom stereocenters. The Balaban J connectivity index is 2.60. The van der Waals surface area contributed by atoms with Gasteiger partial charge in [0, 0.05) is 6.20 Å². The first-order valence-electron chi connectivity index (χ1n) is 3.99. The molecule has 1 aromatic heterocycles. The van der Waals surface area contributed by atoms with Crippen molar-refractivity contribution >= 4 is 6.08 Å². The molecule has 0 atom stereocenters. The normalized spacial score (nSPS) is 14.6. The van der Waals surface area contributed by atoms with Crippen LogP contribution in [0.5, 0.6) is 0 Å². The van der Waals surface area contributed by atoms with Gasteiger partial charge in [0.1, 0.15) is 0 Å². The van der Waals surface area contributed by atoms with E-state index in [-0.39, 0.29) is 0 Å². The highest BCUT2D eigenvalue weighted by Gasteiger charge is 2.06. The largest absolute Gasteiger partial charge is 0.257 e. The first-order valence-corrected chi connectivity index (χ1v) is 3.99. The van der Waals surface area contributed by atoms with Gasteiger partial charge in [-0.1, -0.05) is 6.08 Å². The van der Waals surface area contributed by atoms with Crippen LogP contribution in [-0.4, -0.2) is 4.98 Å². The molecule has 0 aliphatic heterocycles. The predicted molar refractivity (Wildman–Crippen MR) is 46.3 cm³/mol. The van der Waals surface area contributed by atoms with Gasteiger partial charge in [0.05, 0.1) is 5.69 Å². The second kappa shape index (κ2) is 2.50. The number of pyridine rings is 1. The minimum Gasteiger partial charge on any atom is -0.257 e. The minimum absolute atomic E-state index is 1.16. The highest BCUT2D eigenvalue weighted by molar-refractivity contribution is 5.53. The van der Waals surface area contributed by atoms with Gasteiger partial charge in [0.2, 0.25) is 0 Å². The smallest absolute Gasteiger partial charge is 0.0661 e. The van der Waals surface area contributed by atoms with Gasteiger partial charge >= 0.3 is 0 Å². The highest BCUT2D eigenvalue weighted by Crippen LogP contribution is 2.19. The standard InChI is InChI=1S/C10H11N/c1-8-6-7-11-10-5-3-2-4-9(8)10/h3,5-7H,2,4H2,1H3. The van der Waals surface area contributed by atoms with Crippen molar-refractivity contribution in [2.45, 2.75) is 19.8 Å². The molecular formula is C10H11N. The van der Waals surface area contributed by atoms with E-state index in [0.29, 0.717) is 0 Å². The van der Waals surface area contributed by atoms with Gasteiger partial charge in [0.25, 0.3) is 0 Å². The summed E-state index contributed by atoms with van der Waals surface area (Å²) in [4.78, 5) is 4.29. The molecule has 11 heavy (non-hydrogen) atoms. The van der Waals surface area contributed by atoms with Crippen molar-refractivity contribution in [3.05, 3.63) is 35.2 Å². The maximum atomic E-state index is 4.29. The van der Waals surface area contributed by atoms with Crippen molar-refractivity contribution in [1.82, 2.24) is 4.98 Å². The number of hydrogen-bond donors (Lipinski definition) is 0. The molecule has 2 rings (SSSR count). The highest BCUT2D eigenvalue weighted by atomic mass is 14.7. The van der Waals surface area contributed by atoms with Gasteiger partial charge < -0.3 is 0 Å². The first-order chi connectivity index (χ1) is 5.38. The molecule has 1 aliphatic carbocycles. The van der Waals surface area contributed by atoms with Crippen LogP contribution in [-0.2, 0) is 6.42 Å². The van der Waals surface area contributed by atoms with Gasteiger partial charge in [-0.2, -0.15) is 0 Å². The maximum Gasteiger partial charge on any atom is 0.0661 e. The van der Waals surface area contributed by atoms with Crippen molar-refractivity contribution in [1.29, 1.82) is 0 Å². The van der Waals surface area contributed by atoms with E-state index in [2.05, 4.69) is 30.1 Å². The van der Waals surface area contributed by atoms with Crippen molar-refractivity contribution in [3.63, 3.8) is 0 Å². The third kappa shape index (κ3) is 1.07. The maximum absolute atomic E-state index is 4.29. The predicted octanol–water partition coefficient (Wildman–Crippen LogP) is 2.35. The van der Waals surface area contributed by atoms with E-state index in [9.17, 15) is 0 Å². The monoisotopic (exact) mass is 145 g/mol. The summed E-state index contributed by atoms with van der Waals surface area (Å²) < 4.78 is 0. The van der Waals surface area contributed by atoms with Crippen molar-refractivity contribution in [2.75, 3.05) is 0 Å². The van der Waals surface area contributed by atoms with Crippen LogP contribution >= 0.6 is 0 Å². The molecule has 0 saturated heterocycles. The fourth-order valence-corrected chi connectivity index (χ4v) is 1.50. The van der Waals surface area contributed by atoms with Crippen LogP contribution < -0.4 is 0 Å². The average molecular weight is 145 g/mol. The van der Waals surface area contributed by atoms with Crippen molar-refractivity contribution in [3.8, 4) is 0 Å². The number of nitrogens with zero attached hydrogens (tertiary/aromatic N) is 1. The van der Waals surface area contributed by atoms with Crippen LogP contribution in [0, 0.1) is 6.92 Å². The molecule has 1 heterocycles. The first kappa shape index (κ1) is 6.59. The molecule has 0 bridgehead atoms. The Bertz CT molecular complexity index is 300. The SMILES string of the molecule is Cc1ccnc2c1CCC=C2. The molecule has 56 valence electrons. The van der Waals surface area contributed by atoms with E-state index < -0.39 is 0 Å². The summed E-state index contributed by atoms with van der Waals surface area (Å²) in [6.45, 7) is 2.15. The van der Waals surface area contributed by atoms with E-state index in [4.69, 9.17) is 0 Å². The van der Waals surface area contributed by atoms with Crippen LogP contribution in [0.25, 0.3) is 6.08 Å². The molecule has 0 aromatic carbocycles. The van der Waals surface area contributed by atoms with Gasteiger partial charge in [-0.15, -0.1) is 0 Å². The number of fused-ring (bicyclic) bond motifs is 1. The number of aryl methyl sites for hydroxylation is 1. The van der Waals surface area contributed by atoms with Gasteiger partial charge in [0.15, 0.2) is 0 Å². The summed E-state index contributed by atoms with van der Waals surface area (Å²) in [5.41, 5.74) is 3.96. The molecule has 0 radical (unpaired) electrons. The van der Waals surface area contributed by atoms with E-state index in [0.717, 1.165) is 12.1 Å². The molecule has 0 saturated carbocycles. The zero-order valence-corrected chi connectivity index (χ0v) is 6.67. The second-order valence-corrected chi connectivity index (χ2v) is 2.93. The molecule has 1 nitrogen and oxygen atoms in total. The van der Waals surface area contributed by atoms with Gasteiger partial charge in [-0.3, -0.25) is 4.98 Å². The zero-order chi connectivity index (χ0) is 7.68. The summed E-state index contributed by atoms with van der Waals surface area (Å²) >= 11 is 0. The Hall–Kier alpha value is -1.11. The summed E-state index contributed by atoms with van der Waals surface area (Å²) in [5, 5.41) is 0. The molecule has 1 heteroatoms.